The number of benzene rings is 1. The fraction of sp³-hybridized carbons (Fsp3) is 0.0769. The summed E-state index contributed by atoms with van der Waals surface area (Å²) in [7, 11) is 0. The molecule has 0 saturated carbocycles. The number of hydrogen-bond donors (Lipinski definition) is 1. The third-order valence-corrected chi connectivity index (χ3v) is 2.49. The van der Waals surface area contributed by atoms with E-state index in [1.54, 1.807) is 0 Å². The lowest BCUT2D eigenvalue weighted by atomic mass is 10.0. The highest BCUT2D eigenvalue weighted by Crippen LogP contribution is 2.34. The zero-order chi connectivity index (χ0) is 14.8. The number of nitrogens with two attached hydrogens (primary N) is 1. The summed E-state index contributed by atoms with van der Waals surface area (Å²) in [5.41, 5.74) is 5.90. The van der Waals surface area contributed by atoms with Gasteiger partial charge in [0.1, 0.15) is 11.6 Å². The summed E-state index contributed by atoms with van der Waals surface area (Å²) in [5.74, 6) is -0.306. The molecule has 0 radical (unpaired) electrons. The molecule has 1 heterocycles. The van der Waals surface area contributed by atoms with Crippen LogP contribution in [-0.4, -0.2) is 17.6 Å². The first-order valence-corrected chi connectivity index (χ1v) is 5.46. The van der Waals surface area contributed by atoms with Crippen molar-refractivity contribution in [1.82, 2.24) is 4.98 Å². The number of halogens is 3. The van der Waals surface area contributed by atoms with Gasteiger partial charge in [0, 0.05) is 22.9 Å². The second-order valence-corrected chi connectivity index (χ2v) is 3.86. The quantitative estimate of drug-likeness (QED) is 0.879. The molecule has 0 unspecified atom stereocenters. The molecule has 20 heavy (non-hydrogen) atoms. The first kappa shape index (κ1) is 13.9. The average Bonchev–Trinajstić information content (AvgIpc) is 2.38. The van der Waals surface area contributed by atoms with Crippen LogP contribution in [0.2, 0.25) is 0 Å². The topological polar surface area (TPSA) is 65.2 Å². The van der Waals surface area contributed by atoms with Crippen molar-refractivity contribution in [2.75, 3.05) is 5.73 Å². The van der Waals surface area contributed by atoms with Gasteiger partial charge in [0.25, 0.3) is 0 Å². The molecule has 0 atom stereocenters. The van der Waals surface area contributed by atoms with Crippen molar-refractivity contribution in [2.45, 2.75) is 6.36 Å². The molecule has 1 aromatic carbocycles. The molecule has 0 bridgehead atoms. The molecule has 0 amide bonds. The molecule has 0 saturated heterocycles. The Kier molecular flexibility index (Phi) is 3.60. The highest BCUT2D eigenvalue weighted by atomic mass is 19.4. The minimum atomic E-state index is -4.82. The van der Waals surface area contributed by atoms with Crippen molar-refractivity contribution in [3.05, 3.63) is 42.1 Å². The number of alkyl halides is 3. The molecule has 2 rings (SSSR count). The Morgan fingerprint density at radius 2 is 1.90 bits per heavy atom. The van der Waals surface area contributed by atoms with Gasteiger partial charge >= 0.3 is 6.36 Å². The van der Waals surface area contributed by atoms with Crippen molar-refractivity contribution in [2.24, 2.45) is 0 Å². The number of carbonyl (C=O) groups excluding carboxylic acids is 1. The fourth-order valence-electron chi connectivity index (χ4n) is 1.71. The van der Waals surface area contributed by atoms with Gasteiger partial charge in [-0.15, -0.1) is 13.2 Å². The molecule has 0 aliphatic rings. The number of nitrogens with zero attached hydrogens (tertiary/aromatic N) is 1. The Bertz CT molecular complexity index is 642. The van der Waals surface area contributed by atoms with Crippen LogP contribution in [-0.2, 0) is 0 Å². The summed E-state index contributed by atoms with van der Waals surface area (Å²) in [6, 6.07) is 6.78. The van der Waals surface area contributed by atoms with E-state index in [1.165, 1.54) is 30.5 Å². The van der Waals surface area contributed by atoms with Crippen LogP contribution < -0.4 is 10.5 Å². The van der Waals surface area contributed by atoms with E-state index in [-0.39, 0.29) is 22.5 Å². The summed E-state index contributed by atoms with van der Waals surface area (Å²) < 4.78 is 41.0. The zero-order valence-corrected chi connectivity index (χ0v) is 10.0. The van der Waals surface area contributed by atoms with Crippen LogP contribution in [0.4, 0.5) is 19.0 Å². The van der Waals surface area contributed by atoms with Gasteiger partial charge in [0.05, 0.1) is 0 Å². The Balaban J connectivity index is 2.56. The number of ether oxygens (including phenoxy) is 1. The fourth-order valence-corrected chi connectivity index (χ4v) is 1.71. The van der Waals surface area contributed by atoms with Crippen molar-refractivity contribution in [3.63, 3.8) is 0 Å². The van der Waals surface area contributed by atoms with Crippen LogP contribution in [0, 0.1) is 0 Å². The molecule has 0 fully saturated rings. The molecule has 0 aliphatic carbocycles. The molecule has 2 aromatic rings. The van der Waals surface area contributed by atoms with Gasteiger partial charge in [0.2, 0.25) is 0 Å². The van der Waals surface area contributed by atoms with Crippen molar-refractivity contribution in [1.29, 1.82) is 0 Å². The van der Waals surface area contributed by atoms with E-state index < -0.39 is 12.1 Å². The predicted molar refractivity (Wildman–Crippen MR) is 66.2 cm³/mol. The lowest BCUT2D eigenvalue weighted by molar-refractivity contribution is -0.274. The van der Waals surface area contributed by atoms with Gasteiger partial charge in [-0.05, 0) is 12.1 Å². The maximum atomic E-state index is 12.4. The predicted octanol–water partition coefficient (Wildman–Crippen LogP) is 3.04. The van der Waals surface area contributed by atoms with Gasteiger partial charge in [0.15, 0.2) is 6.29 Å². The number of para-hydroxylation sites is 1. The van der Waals surface area contributed by atoms with Crippen LogP contribution in [0.15, 0.2) is 36.5 Å². The first-order valence-electron chi connectivity index (χ1n) is 5.46. The monoisotopic (exact) mass is 282 g/mol. The Labute approximate surface area is 112 Å². The van der Waals surface area contributed by atoms with E-state index in [0.717, 1.165) is 6.07 Å². The summed E-state index contributed by atoms with van der Waals surface area (Å²) in [5, 5.41) is 0. The van der Waals surface area contributed by atoms with Gasteiger partial charge in [-0.1, -0.05) is 18.2 Å². The van der Waals surface area contributed by atoms with Crippen LogP contribution >= 0.6 is 0 Å². The van der Waals surface area contributed by atoms with Crippen LogP contribution in [0.5, 0.6) is 5.75 Å². The van der Waals surface area contributed by atoms with Gasteiger partial charge in [-0.3, -0.25) is 4.79 Å². The van der Waals surface area contributed by atoms with E-state index in [9.17, 15) is 18.0 Å². The van der Waals surface area contributed by atoms with Crippen molar-refractivity contribution < 1.29 is 22.7 Å². The van der Waals surface area contributed by atoms with Gasteiger partial charge in [-0.25, -0.2) is 4.98 Å². The van der Waals surface area contributed by atoms with E-state index >= 15 is 0 Å². The van der Waals surface area contributed by atoms with Gasteiger partial charge < -0.3 is 10.5 Å². The first-order chi connectivity index (χ1) is 9.40. The second kappa shape index (κ2) is 5.20. The van der Waals surface area contributed by atoms with Crippen LogP contribution in [0.3, 0.4) is 0 Å². The summed E-state index contributed by atoms with van der Waals surface area (Å²) in [4.78, 5) is 14.8. The number of pyridine rings is 1. The summed E-state index contributed by atoms with van der Waals surface area (Å²) >= 11 is 0. The molecule has 7 heteroatoms. The number of rotatable bonds is 3. The van der Waals surface area contributed by atoms with E-state index in [2.05, 4.69) is 9.72 Å². The van der Waals surface area contributed by atoms with Crippen molar-refractivity contribution >= 4 is 12.1 Å². The summed E-state index contributed by atoms with van der Waals surface area (Å²) in [6.45, 7) is 0. The number of aromatic nitrogens is 1. The largest absolute Gasteiger partial charge is 0.573 e. The van der Waals surface area contributed by atoms with E-state index in [1.807, 2.05) is 0 Å². The average molecular weight is 282 g/mol. The molecule has 0 spiro atoms. The van der Waals surface area contributed by atoms with Crippen LogP contribution in [0.25, 0.3) is 11.1 Å². The standard InChI is InChI=1S/C13H9F3N2O2/c14-13(15,16)20-11-4-2-1-3-9(11)10-6-18-12(17)5-8(10)7-19/h1-7H,(H2,17,18). The minimum absolute atomic E-state index is 0.102. The highest BCUT2D eigenvalue weighted by molar-refractivity contribution is 5.89. The smallest absolute Gasteiger partial charge is 0.405 e. The summed E-state index contributed by atoms with van der Waals surface area (Å²) in [6.07, 6.45) is -3.09. The number of aldehydes is 1. The molecule has 104 valence electrons. The molecule has 4 nitrogen and oxygen atoms in total. The number of hydrogen-bond acceptors (Lipinski definition) is 4. The third kappa shape index (κ3) is 3.05. The maximum Gasteiger partial charge on any atom is 0.573 e. The third-order valence-electron chi connectivity index (χ3n) is 2.49. The molecular formula is C13H9F3N2O2. The number of nitrogen functional groups attached to an aromatic ring is 1. The van der Waals surface area contributed by atoms with Crippen molar-refractivity contribution in [3.8, 4) is 16.9 Å². The Hall–Kier alpha value is -2.57. The molecule has 1 aromatic heterocycles. The molecule has 2 N–H and O–H groups in total. The van der Waals surface area contributed by atoms with Crippen LogP contribution in [0.1, 0.15) is 10.4 Å². The normalized spacial score (nSPS) is 11.2. The number of anilines is 1. The minimum Gasteiger partial charge on any atom is -0.405 e. The molecule has 0 aliphatic heterocycles. The number of carbonyl (C=O) groups is 1. The van der Waals surface area contributed by atoms with E-state index in [0.29, 0.717) is 6.29 Å². The maximum absolute atomic E-state index is 12.4. The second-order valence-electron chi connectivity index (χ2n) is 3.86. The Morgan fingerprint density at radius 1 is 1.20 bits per heavy atom. The van der Waals surface area contributed by atoms with Gasteiger partial charge in [-0.2, -0.15) is 0 Å². The lowest BCUT2D eigenvalue weighted by Crippen LogP contribution is -2.17. The zero-order valence-electron chi connectivity index (χ0n) is 10.0. The SMILES string of the molecule is Nc1cc(C=O)c(-c2ccccc2OC(F)(F)F)cn1. The Morgan fingerprint density at radius 3 is 2.55 bits per heavy atom. The van der Waals surface area contributed by atoms with E-state index in [4.69, 9.17) is 5.73 Å². The highest BCUT2D eigenvalue weighted by Gasteiger charge is 2.32. The lowest BCUT2D eigenvalue weighted by Gasteiger charge is -2.14. The molecular weight excluding hydrogens is 273 g/mol.